The standard InChI is InChI=1S/C10H20N2O2/c1-11-7-6-10(14)12-8-2-4-9(13)5-3-8/h8-9,11,13H,2-7H2,1H3,(H,12,14). The van der Waals surface area contributed by atoms with Gasteiger partial charge in [-0.05, 0) is 32.7 Å². The van der Waals surface area contributed by atoms with Gasteiger partial charge >= 0.3 is 0 Å². The fourth-order valence-corrected chi connectivity index (χ4v) is 1.76. The molecular formula is C10H20N2O2. The first-order chi connectivity index (χ1) is 6.72. The molecule has 1 amide bonds. The largest absolute Gasteiger partial charge is 0.393 e. The number of carbonyl (C=O) groups excluding carboxylic acids is 1. The van der Waals surface area contributed by atoms with Gasteiger partial charge < -0.3 is 15.7 Å². The average Bonchev–Trinajstić information content (AvgIpc) is 2.18. The molecule has 0 unspecified atom stereocenters. The second-order valence-electron chi connectivity index (χ2n) is 3.93. The second-order valence-corrected chi connectivity index (χ2v) is 3.93. The highest BCUT2D eigenvalue weighted by Crippen LogP contribution is 2.18. The van der Waals surface area contributed by atoms with Gasteiger partial charge in [0.15, 0.2) is 0 Å². The minimum atomic E-state index is -0.152. The van der Waals surface area contributed by atoms with E-state index in [2.05, 4.69) is 10.6 Å². The number of aliphatic hydroxyl groups is 1. The van der Waals surface area contributed by atoms with Gasteiger partial charge in [0.2, 0.25) is 5.91 Å². The molecule has 1 aliphatic carbocycles. The van der Waals surface area contributed by atoms with E-state index >= 15 is 0 Å². The Kier molecular flexibility index (Phi) is 4.90. The Morgan fingerprint density at radius 3 is 2.57 bits per heavy atom. The quantitative estimate of drug-likeness (QED) is 0.599. The van der Waals surface area contributed by atoms with Gasteiger partial charge in [-0.2, -0.15) is 0 Å². The Hall–Kier alpha value is -0.610. The van der Waals surface area contributed by atoms with Gasteiger partial charge in [-0.1, -0.05) is 0 Å². The molecule has 0 saturated heterocycles. The number of hydrogen-bond acceptors (Lipinski definition) is 3. The first-order valence-corrected chi connectivity index (χ1v) is 5.34. The summed E-state index contributed by atoms with van der Waals surface area (Å²) in [6, 6.07) is 0.280. The van der Waals surface area contributed by atoms with Crippen LogP contribution in [0, 0.1) is 0 Å². The van der Waals surface area contributed by atoms with E-state index in [1.54, 1.807) is 0 Å². The molecule has 0 aromatic carbocycles. The molecule has 0 spiro atoms. The summed E-state index contributed by atoms with van der Waals surface area (Å²) in [5.74, 6) is 0.112. The molecular weight excluding hydrogens is 180 g/mol. The Morgan fingerprint density at radius 2 is 2.00 bits per heavy atom. The van der Waals surface area contributed by atoms with Crippen molar-refractivity contribution in [2.45, 2.75) is 44.2 Å². The van der Waals surface area contributed by atoms with Crippen LogP contribution in [0.3, 0.4) is 0 Å². The van der Waals surface area contributed by atoms with Crippen LogP contribution in [0.2, 0.25) is 0 Å². The average molecular weight is 200 g/mol. The molecule has 0 heterocycles. The Bertz CT molecular complexity index is 177. The SMILES string of the molecule is CNCCC(=O)NC1CCC(O)CC1. The summed E-state index contributed by atoms with van der Waals surface area (Å²) in [5, 5.41) is 15.2. The Morgan fingerprint density at radius 1 is 1.36 bits per heavy atom. The highest BCUT2D eigenvalue weighted by Gasteiger charge is 2.20. The zero-order valence-electron chi connectivity index (χ0n) is 8.75. The fraction of sp³-hybridized carbons (Fsp3) is 0.900. The predicted octanol–water partition coefficient (Wildman–Crippen LogP) is 0.0156. The molecule has 0 atom stereocenters. The molecule has 0 aliphatic heterocycles. The third-order valence-electron chi connectivity index (χ3n) is 2.66. The van der Waals surface area contributed by atoms with E-state index in [1.165, 1.54) is 0 Å². The summed E-state index contributed by atoms with van der Waals surface area (Å²) in [7, 11) is 1.84. The van der Waals surface area contributed by atoms with Crippen LogP contribution < -0.4 is 10.6 Å². The molecule has 0 aromatic heterocycles. The van der Waals surface area contributed by atoms with Crippen molar-refractivity contribution in [1.29, 1.82) is 0 Å². The van der Waals surface area contributed by atoms with Gasteiger partial charge in [0.05, 0.1) is 6.10 Å². The number of hydrogen-bond donors (Lipinski definition) is 3. The molecule has 4 nitrogen and oxygen atoms in total. The monoisotopic (exact) mass is 200 g/mol. The maximum absolute atomic E-state index is 11.3. The molecule has 0 aromatic rings. The lowest BCUT2D eigenvalue weighted by Gasteiger charge is -2.26. The van der Waals surface area contributed by atoms with E-state index in [9.17, 15) is 9.90 Å². The van der Waals surface area contributed by atoms with E-state index in [0.717, 1.165) is 32.2 Å². The van der Waals surface area contributed by atoms with Crippen molar-refractivity contribution in [2.75, 3.05) is 13.6 Å². The number of aliphatic hydroxyl groups excluding tert-OH is 1. The number of carbonyl (C=O) groups is 1. The van der Waals surface area contributed by atoms with Crippen LogP contribution >= 0.6 is 0 Å². The summed E-state index contributed by atoms with van der Waals surface area (Å²) < 4.78 is 0. The number of nitrogens with one attached hydrogen (secondary N) is 2. The normalized spacial score (nSPS) is 27.3. The van der Waals surface area contributed by atoms with Crippen molar-refractivity contribution in [2.24, 2.45) is 0 Å². The minimum absolute atomic E-state index is 0.112. The van der Waals surface area contributed by atoms with E-state index < -0.39 is 0 Å². The molecule has 1 saturated carbocycles. The number of rotatable bonds is 4. The molecule has 1 fully saturated rings. The molecule has 1 aliphatic rings. The lowest BCUT2D eigenvalue weighted by Crippen LogP contribution is -2.39. The molecule has 14 heavy (non-hydrogen) atoms. The van der Waals surface area contributed by atoms with E-state index in [-0.39, 0.29) is 18.1 Å². The number of amides is 1. The van der Waals surface area contributed by atoms with Gasteiger partial charge in [0.25, 0.3) is 0 Å². The van der Waals surface area contributed by atoms with Crippen LogP contribution in [0.1, 0.15) is 32.1 Å². The fourth-order valence-electron chi connectivity index (χ4n) is 1.76. The van der Waals surface area contributed by atoms with Crippen molar-refractivity contribution >= 4 is 5.91 Å². The van der Waals surface area contributed by atoms with Gasteiger partial charge in [-0.25, -0.2) is 0 Å². The zero-order valence-corrected chi connectivity index (χ0v) is 8.75. The summed E-state index contributed by atoms with van der Waals surface area (Å²) in [4.78, 5) is 11.3. The van der Waals surface area contributed by atoms with Crippen molar-refractivity contribution < 1.29 is 9.90 Å². The summed E-state index contributed by atoms with van der Waals surface area (Å²) in [6.07, 6.45) is 3.84. The Labute approximate surface area is 85.1 Å². The maximum atomic E-state index is 11.3. The summed E-state index contributed by atoms with van der Waals surface area (Å²) in [5.41, 5.74) is 0. The topological polar surface area (TPSA) is 61.4 Å². The lowest BCUT2D eigenvalue weighted by molar-refractivity contribution is -0.122. The van der Waals surface area contributed by atoms with Gasteiger partial charge in [-0.3, -0.25) is 4.79 Å². The van der Waals surface area contributed by atoms with Crippen LogP contribution in [0.15, 0.2) is 0 Å². The van der Waals surface area contributed by atoms with Crippen LogP contribution in [-0.4, -0.2) is 36.8 Å². The maximum Gasteiger partial charge on any atom is 0.221 e. The summed E-state index contributed by atoms with van der Waals surface area (Å²) in [6.45, 7) is 0.723. The Balaban J connectivity index is 2.14. The van der Waals surface area contributed by atoms with Crippen molar-refractivity contribution in [3.63, 3.8) is 0 Å². The first kappa shape index (κ1) is 11.5. The molecule has 4 heteroatoms. The molecule has 82 valence electrons. The lowest BCUT2D eigenvalue weighted by atomic mass is 9.93. The predicted molar refractivity (Wildman–Crippen MR) is 54.9 cm³/mol. The minimum Gasteiger partial charge on any atom is -0.393 e. The highest BCUT2D eigenvalue weighted by atomic mass is 16.3. The molecule has 0 bridgehead atoms. The van der Waals surface area contributed by atoms with E-state index in [4.69, 9.17) is 0 Å². The highest BCUT2D eigenvalue weighted by molar-refractivity contribution is 5.76. The van der Waals surface area contributed by atoms with Crippen LogP contribution in [0.5, 0.6) is 0 Å². The van der Waals surface area contributed by atoms with Crippen LogP contribution in [0.25, 0.3) is 0 Å². The molecule has 1 rings (SSSR count). The third kappa shape index (κ3) is 4.07. The second kappa shape index (κ2) is 5.98. The smallest absolute Gasteiger partial charge is 0.221 e. The van der Waals surface area contributed by atoms with Crippen LogP contribution in [0.4, 0.5) is 0 Å². The van der Waals surface area contributed by atoms with E-state index in [0.29, 0.717) is 6.42 Å². The third-order valence-corrected chi connectivity index (χ3v) is 2.66. The van der Waals surface area contributed by atoms with Crippen molar-refractivity contribution in [1.82, 2.24) is 10.6 Å². The van der Waals surface area contributed by atoms with E-state index in [1.807, 2.05) is 7.05 Å². The van der Waals surface area contributed by atoms with Crippen molar-refractivity contribution in [3.05, 3.63) is 0 Å². The van der Waals surface area contributed by atoms with Gasteiger partial charge in [0.1, 0.15) is 0 Å². The van der Waals surface area contributed by atoms with Crippen LogP contribution in [-0.2, 0) is 4.79 Å². The summed E-state index contributed by atoms with van der Waals surface area (Å²) >= 11 is 0. The van der Waals surface area contributed by atoms with Gasteiger partial charge in [0, 0.05) is 19.0 Å². The first-order valence-electron chi connectivity index (χ1n) is 5.34. The molecule has 3 N–H and O–H groups in total. The van der Waals surface area contributed by atoms with Gasteiger partial charge in [-0.15, -0.1) is 0 Å². The zero-order chi connectivity index (χ0) is 10.4. The van der Waals surface area contributed by atoms with Crippen molar-refractivity contribution in [3.8, 4) is 0 Å². The molecule has 0 radical (unpaired) electrons.